The van der Waals surface area contributed by atoms with Crippen LogP contribution in [0.1, 0.15) is 19.4 Å². The molecule has 21 heavy (non-hydrogen) atoms. The molecule has 1 rings (SSSR count). The molecule has 6 heteroatoms. The van der Waals surface area contributed by atoms with Crippen LogP contribution in [0.2, 0.25) is 0 Å². The molecule has 0 bridgehead atoms. The predicted molar refractivity (Wildman–Crippen MR) is 88.1 cm³/mol. The van der Waals surface area contributed by atoms with Crippen LogP contribution >= 0.6 is 15.9 Å². The molecule has 0 aliphatic rings. The van der Waals surface area contributed by atoms with Crippen molar-refractivity contribution in [1.82, 2.24) is 10.6 Å². The van der Waals surface area contributed by atoms with E-state index in [9.17, 15) is 0 Å². The zero-order chi connectivity index (χ0) is 15.7. The van der Waals surface area contributed by atoms with E-state index in [4.69, 9.17) is 14.6 Å². The van der Waals surface area contributed by atoms with Gasteiger partial charge in [-0.2, -0.15) is 0 Å². The summed E-state index contributed by atoms with van der Waals surface area (Å²) >= 11 is 3.51. The SMILES string of the molecule is CCOc1cc(CNCCNC[C@H](C)O)cc(Br)c1OC. The molecule has 1 atom stereocenters. The van der Waals surface area contributed by atoms with Crippen molar-refractivity contribution >= 4 is 15.9 Å². The summed E-state index contributed by atoms with van der Waals surface area (Å²) in [7, 11) is 1.63. The van der Waals surface area contributed by atoms with E-state index >= 15 is 0 Å². The Morgan fingerprint density at radius 3 is 2.62 bits per heavy atom. The molecule has 0 aliphatic carbocycles. The monoisotopic (exact) mass is 360 g/mol. The Balaban J connectivity index is 2.48. The Kier molecular flexibility index (Phi) is 8.68. The van der Waals surface area contributed by atoms with Crippen LogP contribution in [0, 0.1) is 0 Å². The molecule has 5 nitrogen and oxygen atoms in total. The topological polar surface area (TPSA) is 62.8 Å². The first-order chi connectivity index (χ1) is 10.1. The van der Waals surface area contributed by atoms with E-state index in [0.717, 1.165) is 41.2 Å². The zero-order valence-corrected chi connectivity index (χ0v) is 14.5. The summed E-state index contributed by atoms with van der Waals surface area (Å²) in [5.41, 5.74) is 1.13. The second-order valence-electron chi connectivity index (χ2n) is 4.77. The van der Waals surface area contributed by atoms with Gasteiger partial charge in [-0.1, -0.05) is 0 Å². The lowest BCUT2D eigenvalue weighted by atomic mass is 10.2. The molecule has 1 aromatic rings. The molecular formula is C15H25BrN2O3. The molecule has 1 aromatic carbocycles. The molecule has 0 saturated carbocycles. The van der Waals surface area contributed by atoms with Crippen LogP contribution in [0.3, 0.4) is 0 Å². The fourth-order valence-electron chi connectivity index (χ4n) is 1.90. The number of methoxy groups -OCH3 is 1. The Labute approximate surface area is 135 Å². The van der Waals surface area contributed by atoms with Crippen molar-refractivity contribution in [3.05, 3.63) is 22.2 Å². The fourth-order valence-corrected chi connectivity index (χ4v) is 2.56. The van der Waals surface area contributed by atoms with Gasteiger partial charge in [0.15, 0.2) is 11.5 Å². The zero-order valence-electron chi connectivity index (χ0n) is 12.9. The highest BCUT2D eigenvalue weighted by Gasteiger charge is 2.10. The smallest absolute Gasteiger partial charge is 0.174 e. The third-order valence-corrected chi connectivity index (χ3v) is 3.41. The van der Waals surface area contributed by atoms with Gasteiger partial charge in [-0.15, -0.1) is 0 Å². The molecule has 0 unspecified atom stereocenters. The number of ether oxygens (including phenoxy) is 2. The van der Waals surface area contributed by atoms with Crippen molar-refractivity contribution in [1.29, 1.82) is 0 Å². The van der Waals surface area contributed by atoms with Crippen LogP contribution in [0.15, 0.2) is 16.6 Å². The van der Waals surface area contributed by atoms with Gasteiger partial charge in [0.25, 0.3) is 0 Å². The molecule has 0 radical (unpaired) electrons. The number of hydrogen-bond acceptors (Lipinski definition) is 5. The van der Waals surface area contributed by atoms with Crippen LogP contribution in [0.4, 0.5) is 0 Å². The van der Waals surface area contributed by atoms with Crippen LogP contribution in [0.5, 0.6) is 11.5 Å². The molecule has 0 heterocycles. The number of nitrogens with one attached hydrogen (secondary N) is 2. The van der Waals surface area contributed by atoms with Gasteiger partial charge in [0.05, 0.1) is 24.3 Å². The van der Waals surface area contributed by atoms with E-state index in [2.05, 4.69) is 26.6 Å². The number of benzene rings is 1. The number of halogens is 1. The van der Waals surface area contributed by atoms with Crippen molar-refractivity contribution < 1.29 is 14.6 Å². The summed E-state index contributed by atoms with van der Waals surface area (Å²) in [5.74, 6) is 1.47. The molecule has 0 aliphatic heterocycles. The van der Waals surface area contributed by atoms with Gasteiger partial charge in [0.2, 0.25) is 0 Å². The van der Waals surface area contributed by atoms with Gasteiger partial charge in [0.1, 0.15) is 0 Å². The number of aliphatic hydroxyl groups excluding tert-OH is 1. The first-order valence-electron chi connectivity index (χ1n) is 7.17. The van der Waals surface area contributed by atoms with Crippen molar-refractivity contribution in [2.45, 2.75) is 26.5 Å². The summed E-state index contributed by atoms with van der Waals surface area (Å²) in [6.45, 7) is 7.34. The number of rotatable bonds is 10. The minimum atomic E-state index is -0.309. The maximum Gasteiger partial charge on any atom is 0.174 e. The summed E-state index contributed by atoms with van der Waals surface area (Å²) < 4.78 is 11.8. The van der Waals surface area contributed by atoms with Gasteiger partial charge in [0, 0.05) is 26.2 Å². The molecular weight excluding hydrogens is 336 g/mol. The van der Waals surface area contributed by atoms with E-state index in [1.165, 1.54) is 0 Å². The average molecular weight is 361 g/mol. The minimum Gasteiger partial charge on any atom is -0.492 e. The highest BCUT2D eigenvalue weighted by atomic mass is 79.9. The standard InChI is InChI=1S/C15H25BrN2O3/c1-4-21-14-8-12(7-13(16)15(14)20-3)10-18-6-5-17-9-11(2)19/h7-8,11,17-19H,4-6,9-10H2,1-3H3/t11-/m0/s1. The summed E-state index contributed by atoms with van der Waals surface area (Å²) in [6.07, 6.45) is -0.309. The highest BCUT2D eigenvalue weighted by molar-refractivity contribution is 9.10. The summed E-state index contributed by atoms with van der Waals surface area (Å²) in [6, 6.07) is 4.01. The second kappa shape index (κ2) is 10.00. The molecule has 0 fully saturated rings. The lowest BCUT2D eigenvalue weighted by Crippen LogP contribution is -2.31. The van der Waals surface area contributed by atoms with Gasteiger partial charge in [-0.25, -0.2) is 0 Å². The van der Waals surface area contributed by atoms with Crippen LogP contribution in [0.25, 0.3) is 0 Å². The quantitative estimate of drug-likeness (QED) is 0.556. The molecule has 0 amide bonds. The summed E-state index contributed by atoms with van der Waals surface area (Å²) in [4.78, 5) is 0. The maximum atomic E-state index is 9.13. The van der Waals surface area contributed by atoms with E-state index in [0.29, 0.717) is 13.2 Å². The largest absolute Gasteiger partial charge is 0.492 e. The lowest BCUT2D eigenvalue weighted by Gasteiger charge is -2.14. The Morgan fingerprint density at radius 1 is 1.29 bits per heavy atom. The number of aliphatic hydroxyl groups is 1. The minimum absolute atomic E-state index is 0.309. The fraction of sp³-hybridized carbons (Fsp3) is 0.600. The first kappa shape index (κ1) is 18.2. The third-order valence-electron chi connectivity index (χ3n) is 2.82. The van der Waals surface area contributed by atoms with Gasteiger partial charge in [-0.05, 0) is 47.5 Å². The molecule has 0 saturated heterocycles. The Morgan fingerprint density at radius 2 is 2.00 bits per heavy atom. The van der Waals surface area contributed by atoms with Crippen LogP contribution in [-0.4, -0.2) is 44.6 Å². The van der Waals surface area contributed by atoms with Crippen molar-refractivity contribution in [2.24, 2.45) is 0 Å². The van der Waals surface area contributed by atoms with Gasteiger partial charge < -0.3 is 25.2 Å². The number of hydrogen-bond donors (Lipinski definition) is 3. The third kappa shape index (κ3) is 6.65. The van der Waals surface area contributed by atoms with E-state index in [1.54, 1.807) is 14.0 Å². The molecule has 0 spiro atoms. The van der Waals surface area contributed by atoms with E-state index < -0.39 is 0 Å². The molecule has 0 aromatic heterocycles. The predicted octanol–water partition coefficient (Wildman–Crippen LogP) is 1.92. The van der Waals surface area contributed by atoms with Crippen LogP contribution < -0.4 is 20.1 Å². The highest BCUT2D eigenvalue weighted by Crippen LogP contribution is 2.36. The van der Waals surface area contributed by atoms with Gasteiger partial charge >= 0.3 is 0 Å². The van der Waals surface area contributed by atoms with Crippen LogP contribution in [-0.2, 0) is 6.54 Å². The van der Waals surface area contributed by atoms with Crippen molar-refractivity contribution in [3.63, 3.8) is 0 Å². The average Bonchev–Trinajstić information content (AvgIpc) is 2.42. The first-order valence-corrected chi connectivity index (χ1v) is 7.96. The summed E-state index contributed by atoms with van der Waals surface area (Å²) in [5, 5.41) is 15.6. The van der Waals surface area contributed by atoms with Gasteiger partial charge in [-0.3, -0.25) is 0 Å². The molecule has 120 valence electrons. The van der Waals surface area contributed by atoms with Crippen molar-refractivity contribution in [2.75, 3.05) is 33.4 Å². The lowest BCUT2D eigenvalue weighted by molar-refractivity contribution is 0.191. The van der Waals surface area contributed by atoms with E-state index in [-0.39, 0.29) is 6.10 Å². The van der Waals surface area contributed by atoms with Crippen molar-refractivity contribution in [3.8, 4) is 11.5 Å². The molecule has 3 N–H and O–H groups in total. The maximum absolute atomic E-state index is 9.13. The normalized spacial score (nSPS) is 12.2. The van der Waals surface area contributed by atoms with E-state index in [1.807, 2.05) is 19.1 Å². The second-order valence-corrected chi connectivity index (χ2v) is 5.63. The Hall–Kier alpha value is -0.820. The Bertz CT molecular complexity index is 428.